The lowest BCUT2D eigenvalue weighted by Crippen LogP contribution is -2.01. The van der Waals surface area contributed by atoms with E-state index in [1.54, 1.807) is 0 Å². The Morgan fingerprint density at radius 2 is 0.917 bits per heavy atom. The molecule has 2 aromatic carbocycles. The zero-order valence-electron chi connectivity index (χ0n) is 23.7. The van der Waals surface area contributed by atoms with Crippen molar-refractivity contribution >= 4 is 0 Å². The number of hydrogen-bond acceptors (Lipinski definition) is 2. The fourth-order valence-corrected chi connectivity index (χ4v) is 4.71. The maximum atomic E-state index is 6.07. The van der Waals surface area contributed by atoms with Gasteiger partial charge in [0.1, 0.15) is 5.75 Å². The standard InChI is InChI=1S/C34H54O2/c1-4-6-8-10-12-13-14-15-17-19-29-36-34-26-24-33(25-27-34)32-22-20-31(21-23-32)30(3)35-28-18-16-11-9-7-5-2/h20-27,30H,4-19,28-29H2,1-3H3. The molecule has 0 fully saturated rings. The van der Waals surface area contributed by atoms with E-state index < -0.39 is 0 Å². The smallest absolute Gasteiger partial charge is 0.119 e. The number of rotatable bonds is 22. The van der Waals surface area contributed by atoms with Crippen LogP contribution >= 0.6 is 0 Å². The van der Waals surface area contributed by atoms with Gasteiger partial charge in [0.2, 0.25) is 0 Å². The predicted molar refractivity (Wildman–Crippen MR) is 157 cm³/mol. The maximum Gasteiger partial charge on any atom is 0.119 e. The summed E-state index contributed by atoms with van der Waals surface area (Å²) >= 11 is 0. The fraction of sp³-hybridized carbons (Fsp3) is 0.647. The number of unbranched alkanes of at least 4 members (excludes halogenated alkanes) is 14. The van der Waals surface area contributed by atoms with Gasteiger partial charge >= 0.3 is 0 Å². The van der Waals surface area contributed by atoms with Gasteiger partial charge in [-0.2, -0.15) is 0 Å². The van der Waals surface area contributed by atoms with Crippen LogP contribution in [-0.2, 0) is 4.74 Å². The van der Waals surface area contributed by atoms with Crippen LogP contribution in [0.2, 0.25) is 0 Å². The minimum Gasteiger partial charge on any atom is -0.494 e. The van der Waals surface area contributed by atoms with E-state index in [0.717, 1.165) is 25.4 Å². The van der Waals surface area contributed by atoms with Crippen LogP contribution in [0.15, 0.2) is 48.5 Å². The Labute approximate surface area is 223 Å². The maximum absolute atomic E-state index is 6.07. The predicted octanol–water partition coefficient (Wildman–Crippen LogP) is 11.1. The molecule has 0 aliphatic carbocycles. The molecule has 0 aromatic heterocycles. The normalized spacial score (nSPS) is 12.1. The van der Waals surface area contributed by atoms with Gasteiger partial charge in [-0.15, -0.1) is 0 Å². The van der Waals surface area contributed by atoms with Crippen LogP contribution in [-0.4, -0.2) is 13.2 Å². The second kappa shape index (κ2) is 20.3. The summed E-state index contributed by atoms with van der Waals surface area (Å²) in [5, 5.41) is 0. The second-order valence-electron chi connectivity index (χ2n) is 10.5. The van der Waals surface area contributed by atoms with Gasteiger partial charge in [0.05, 0.1) is 12.7 Å². The summed E-state index contributed by atoms with van der Waals surface area (Å²) in [6.45, 7) is 8.38. The van der Waals surface area contributed by atoms with Crippen molar-refractivity contribution in [2.45, 2.75) is 130 Å². The van der Waals surface area contributed by atoms with Gasteiger partial charge in [-0.3, -0.25) is 0 Å². The summed E-state index contributed by atoms with van der Waals surface area (Å²) in [5.41, 5.74) is 3.72. The van der Waals surface area contributed by atoms with E-state index in [4.69, 9.17) is 9.47 Å². The average molecular weight is 495 g/mol. The van der Waals surface area contributed by atoms with E-state index >= 15 is 0 Å². The first-order valence-electron chi connectivity index (χ1n) is 15.2. The van der Waals surface area contributed by atoms with Crippen LogP contribution in [0.1, 0.15) is 135 Å². The van der Waals surface area contributed by atoms with E-state index in [2.05, 4.69) is 69.3 Å². The van der Waals surface area contributed by atoms with E-state index in [-0.39, 0.29) is 6.10 Å². The average Bonchev–Trinajstić information content (AvgIpc) is 2.91. The summed E-state index contributed by atoms with van der Waals surface area (Å²) in [4.78, 5) is 0. The molecule has 0 N–H and O–H groups in total. The van der Waals surface area contributed by atoms with E-state index in [1.807, 2.05) is 0 Å². The molecule has 0 spiro atoms. The Morgan fingerprint density at radius 3 is 1.42 bits per heavy atom. The first-order chi connectivity index (χ1) is 17.7. The van der Waals surface area contributed by atoms with Crippen molar-refractivity contribution in [3.05, 3.63) is 54.1 Å². The van der Waals surface area contributed by atoms with Gasteiger partial charge in [-0.25, -0.2) is 0 Å². The van der Waals surface area contributed by atoms with E-state index in [0.29, 0.717) is 0 Å². The molecule has 0 radical (unpaired) electrons. The molecular weight excluding hydrogens is 440 g/mol. The summed E-state index contributed by atoms with van der Waals surface area (Å²) in [7, 11) is 0. The fourth-order valence-electron chi connectivity index (χ4n) is 4.71. The molecule has 2 aromatic rings. The Balaban J connectivity index is 1.59. The first-order valence-corrected chi connectivity index (χ1v) is 15.2. The van der Waals surface area contributed by atoms with Gasteiger partial charge in [-0.1, -0.05) is 140 Å². The van der Waals surface area contributed by atoms with Crippen molar-refractivity contribution in [1.82, 2.24) is 0 Å². The lowest BCUT2D eigenvalue weighted by atomic mass is 10.0. The van der Waals surface area contributed by atoms with E-state index in [9.17, 15) is 0 Å². The molecule has 0 saturated heterocycles. The van der Waals surface area contributed by atoms with Gasteiger partial charge in [0.15, 0.2) is 0 Å². The molecular formula is C34H54O2. The van der Waals surface area contributed by atoms with Crippen molar-refractivity contribution in [2.24, 2.45) is 0 Å². The number of ether oxygens (including phenoxy) is 2. The van der Waals surface area contributed by atoms with Gasteiger partial charge in [0.25, 0.3) is 0 Å². The largest absolute Gasteiger partial charge is 0.494 e. The van der Waals surface area contributed by atoms with Gasteiger partial charge in [-0.05, 0) is 48.6 Å². The van der Waals surface area contributed by atoms with E-state index in [1.165, 1.54) is 113 Å². The molecule has 36 heavy (non-hydrogen) atoms. The first kappa shape index (κ1) is 30.4. The van der Waals surface area contributed by atoms with Crippen molar-refractivity contribution in [2.75, 3.05) is 13.2 Å². The molecule has 202 valence electrons. The SMILES string of the molecule is CCCCCCCCCCCCOc1ccc(-c2ccc(C(C)OCCCCCCCC)cc2)cc1. The second-order valence-corrected chi connectivity index (χ2v) is 10.5. The van der Waals surface area contributed by atoms with Crippen LogP contribution < -0.4 is 4.74 Å². The van der Waals surface area contributed by atoms with Crippen LogP contribution in [0, 0.1) is 0 Å². The lowest BCUT2D eigenvalue weighted by Gasteiger charge is -2.14. The third kappa shape index (κ3) is 13.5. The minimum absolute atomic E-state index is 0.149. The summed E-state index contributed by atoms with van der Waals surface area (Å²) in [6.07, 6.45) is 21.5. The van der Waals surface area contributed by atoms with Crippen LogP contribution in [0.25, 0.3) is 11.1 Å². The summed E-state index contributed by atoms with van der Waals surface area (Å²) < 4.78 is 12.0. The molecule has 2 nitrogen and oxygen atoms in total. The van der Waals surface area contributed by atoms with Crippen LogP contribution in [0.5, 0.6) is 5.75 Å². The molecule has 0 amide bonds. The van der Waals surface area contributed by atoms with Gasteiger partial charge in [0, 0.05) is 6.61 Å². The molecule has 0 bridgehead atoms. The van der Waals surface area contributed by atoms with Crippen molar-refractivity contribution in [1.29, 1.82) is 0 Å². The van der Waals surface area contributed by atoms with Crippen molar-refractivity contribution in [3.8, 4) is 16.9 Å². The van der Waals surface area contributed by atoms with Crippen LogP contribution in [0.3, 0.4) is 0 Å². The molecule has 1 atom stereocenters. The summed E-state index contributed by atoms with van der Waals surface area (Å²) in [5.74, 6) is 0.975. The van der Waals surface area contributed by atoms with Crippen molar-refractivity contribution < 1.29 is 9.47 Å². The highest BCUT2D eigenvalue weighted by atomic mass is 16.5. The Morgan fingerprint density at radius 1 is 0.500 bits per heavy atom. The molecule has 1 unspecified atom stereocenters. The highest BCUT2D eigenvalue weighted by Gasteiger charge is 2.07. The Kier molecular flexibility index (Phi) is 17.1. The summed E-state index contributed by atoms with van der Waals surface area (Å²) in [6, 6.07) is 17.4. The highest BCUT2D eigenvalue weighted by molar-refractivity contribution is 5.64. The molecule has 0 aliphatic rings. The minimum atomic E-state index is 0.149. The zero-order chi connectivity index (χ0) is 25.7. The molecule has 0 aliphatic heterocycles. The van der Waals surface area contributed by atoms with Crippen LogP contribution in [0.4, 0.5) is 0 Å². The monoisotopic (exact) mass is 494 g/mol. The number of hydrogen-bond donors (Lipinski definition) is 0. The molecule has 0 heterocycles. The molecule has 2 heteroatoms. The zero-order valence-corrected chi connectivity index (χ0v) is 23.7. The van der Waals surface area contributed by atoms with Crippen molar-refractivity contribution in [3.63, 3.8) is 0 Å². The van der Waals surface area contributed by atoms with Gasteiger partial charge < -0.3 is 9.47 Å². The molecule has 2 rings (SSSR count). The lowest BCUT2D eigenvalue weighted by molar-refractivity contribution is 0.0627. The topological polar surface area (TPSA) is 18.5 Å². The number of benzene rings is 2. The Bertz CT molecular complexity index is 750. The highest BCUT2D eigenvalue weighted by Crippen LogP contribution is 2.25. The quantitative estimate of drug-likeness (QED) is 0.151. The Hall–Kier alpha value is -1.80. The third-order valence-corrected chi connectivity index (χ3v) is 7.20. The molecule has 0 saturated carbocycles. The third-order valence-electron chi connectivity index (χ3n) is 7.20.